The normalized spacial score (nSPS) is 25.6. The van der Waals surface area contributed by atoms with Gasteiger partial charge in [-0.05, 0) is 13.3 Å². The molecule has 0 aliphatic carbocycles. The van der Waals surface area contributed by atoms with Crippen molar-refractivity contribution in [3.63, 3.8) is 0 Å². The standard InChI is InChI=1S/C8H12O2/c1-3-7-4-6(2)8(9)10-5-7/h4,7H,3,5H2,1-2H3/t7-/m1/s1. The number of carbonyl (C=O) groups excluding carboxylic acids is 1. The van der Waals surface area contributed by atoms with Gasteiger partial charge >= 0.3 is 5.97 Å². The van der Waals surface area contributed by atoms with Gasteiger partial charge in [-0.2, -0.15) is 0 Å². The summed E-state index contributed by atoms with van der Waals surface area (Å²) in [6.07, 6.45) is 3.04. The van der Waals surface area contributed by atoms with Gasteiger partial charge in [0.25, 0.3) is 0 Å². The summed E-state index contributed by atoms with van der Waals surface area (Å²) >= 11 is 0. The fourth-order valence-electron chi connectivity index (χ4n) is 1.00. The molecule has 0 saturated heterocycles. The molecule has 0 bridgehead atoms. The Kier molecular flexibility index (Phi) is 2.10. The molecule has 0 N–H and O–H groups in total. The summed E-state index contributed by atoms with van der Waals surface area (Å²) in [6, 6.07) is 0. The van der Waals surface area contributed by atoms with Crippen molar-refractivity contribution in [3.05, 3.63) is 11.6 Å². The first-order valence-electron chi connectivity index (χ1n) is 3.59. The largest absolute Gasteiger partial charge is 0.462 e. The number of hydrogen-bond donors (Lipinski definition) is 0. The summed E-state index contributed by atoms with van der Waals surface area (Å²) in [5.74, 6) is 0.280. The van der Waals surface area contributed by atoms with E-state index in [1.807, 2.05) is 6.08 Å². The third-order valence-electron chi connectivity index (χ3n) is 1.76. The molecule has 0 spiro atoms. The molecule has 1 rings (SSSR count). The second-order valence-electron chi connectivity index (χ2n) is 2.62. The van der Waals surface area contributed by atoms with E-state index < -0.39 is 0 Å². The Hall–Kier alpha value is -0.790. The molecule has 56 valence electrons. The van der Waals surface area contributed by atoms with Crippen LogP contribution in [0.15, 0.2) is 11.6 Å². The Bertz CT molecular complexity index is 170. The van der Waals surface area contributed by atoms with Crippen LogP contribution in [0.5, 0.6) is 0 Å². The van der Waals surface area contributed by atoms with E-state index in [2.05, 4.69) is 6.92 Å². The Labute approximate surface area is 60.9 Å². The van der Waals surface area contributed by atoms with Gasteiger partial charge in [-0.3, -0.25) is 0 Å². The van der Waals surface area contributed by atoms with Crippen molar-refractivity contribution in [3.8, 4) is 0 Å². The monoisotopic (exact) mass is 140 g/mol. The minimum Gasteiger partial charge on any atom is -0.462 e. The number of hydrogen-bond acceptors (Lipinski definition) is 2. The lowest BCUT2D eigenvalue weighted by Crippen LogP contribution is -2.19. The van der Waals surface area contributed by atoms with E-state index in [1.54, 1.807) is 6.92 Å². The second-order valence-corrected chi connectivity index (χ2v) is 2.62. The van der Waals surface area contributed by atoms with Gasteiger partial charge in [0, 0.05) is 11.5 Å². The average Bonchev–Trinajstić information content (AvgIpc) is 1.95. The quantitative estimate of drug-likeness (QED) is 0.516. The number of carbonyl (C=O) groups is 1. The van der Waals surface area contributed by atoms with E-state index in [4.69, 9.17) is 4.74 Å². The van der Waals surface area contributed by atoms with E-state index >= 15 is 0 Å². The van der Waals surface area contributed by atoms with Crippen LogP contribution in [0.4, 0.5) is 0 Å². The molecule has 0 amide bonds. The van der Waals surface area contributed by atoms with Crippen molar-refractivity contribution in [1.29, 1.82) is 0 Å². The molecule has 0 aromatic rings. The molecule has 0 fully saturated rings. The van der Waals surface area contributed by atoms with Gasteiger partial charge < -0.3 is 4.74 Å². The zero-order chi connectivity index (χ0) is 7.56. The first-order valence-corrected chi connectivity index (χ1v) is 3.59. The minimum absolute atomic E-state index is 0.162. The van der Waals surface area contributed by atoms with E-state index in [-0.39, 0.29) is 5.97 Å². The predicted molar refractivity (Wildman–Crippen MR) is 38.5 cm³/mol. The maximum Gasteiger partial charge on any atom is 0.333 e. The fourth-order valence-corrected chi connectivity index (χ4v) is 1.00. The van der Waals surface area contributed by atoms with E-state index in [0.717, 1.165) is 12.0 Å². The number of ether oxygens (including phenoxy) is 1. The molecule has 2 heteroatoms. The van der Waals surface area contributed by atoms with E-state index in [1.165, 1.54) is 0 Å². The molecule has 10 heavy (non-hydrogen) atoms. The number of rotatable bonds is 1. The molecular formula is C8H12O2. The highest BCUT2D eigenvalue weighted by atomic mass is 16.5. The fraction of sp³-hybridized carbons (Fsp3) is 0.625. The van der Waals surface area contributed by atoms with Gasteiger partial charge in [0.05, 0.1) is 6.61 Å². The minimum atomic E-state index is -0.162. The van der Waals surface area contributed by atoms with Crippen LogP contribution in [0.1, 0.15) is 20.3 Å². The first-order chi connectivity index (χ1) is 4.74. The summed E-state index contributed by atoms with van der Waals surface area (Å²) in [6.45, 7) is 4.45. The molecule has 1 atom stereocenters. The lowest BCUT2D eigenvalue weighted by atomic mass is 10.0. The SMILES string of the molecule is CC[C@@H]1C=C(C)C(=O)OC1. The summed E-state index contributed by atoms with van der Waals surface area (Å²) in [5, 5.41) is 0. The molecule has 1 aliphatic rings. The van der Waals surface area contributed by atoms with Crippen LogP contribution >= 0.6 is 0 Å². The first kappa shape index (κ1) is 7.32. The Morgan fingerprint density at radius 2 is 2.50 bits per heavy atom. The highest BCUT2D eigenvalue weighted by Crippen LogP contribution is 2.15. The van der Waals surface area contributed by atoms with Gasteiger partial charge in [0.15, 0.2) is 0 Å². The molecule has 0 radical (unpaired) electrons. The lowest BCUT2D eigenvalue weighted by Gasteiger charge is -2.17. The molecule has 0 saturated carbocycles. The van der Waals surface area contributed by atoms with E-state index in [9.17, 15) is 4.79 Å². The van der Waals surface area contributed by atoms with Crippen molar-refractivity contribution in [2.75, 3.05) is 6.61 Å². The molecule has 0 aromatic heterocycles. The summed E-state index contributed by atoms with van der Waals surface area (Å²) in [5.41, 5.74) is 0.748. The zero-order valence-corrected chi connectivity index (χ0v) is 6.39. The summed E-state index contributed by atoms with van der Waals surface area (Å²) < 4.78 is 4.89. The number of esters is 1. The van der Waals surface area contributed by atoms with Crippen LogP contribution in [0.25, 0.3) is 0 Å². The van der Waals surface area contributed by atoms with Crippen LogP contribution in [-0.2, 0) is 9.53 Å². The predicted octanol–water partition coefficient (Wildman–Crippen LogP) is 1.52. The third-order valence-corrected chi connectivity index (χ3v) is 1.76. The van der Waals surface area contributed by atoms with Crippen molar-refractivity contribution < 1.29 is 9.53 Å². The van der Waals surface area contributed by atoms with Crippen LogP contribution in [0, 0.1) is 5.92 Å². The van der Waals surface area contributed by atoms with E-state index in [0.29, 0.717) is 12.5 Å². The van der Waals surface area contributed by atoms with Gasteiger partial charge in [-0.25, -0.2) is 4.79 Å². The lowest BCUT2D eigenvalue weighted by molar-refractivity contribution is -0.141. The smallest absolute Gasteiger partial charge is 0.333 e. The zero-order valence-electron chi connectivity index (χ0n) is 6.39. The van der Waals surface area contributed by atoms with Crippen LogP contribution in [0.3, 0.4) is 0 Å². The topological polar surface area (TPSA) is 26.3 Å². The van der Waals surface area contributed by atoms with Gasteiger partial charge in [-0.15, -0.1) is 0 Å². The second kappa shape index (κ2) is 2.86. The van der Waals surface area contributed by atoms with Crippen molar-refractivity contribution in [2.24, 2.45) is 5.92 Å². The summed E-state index contributed by atoms with van der Waals surface area (Å²) in [7, 11) is 0. The number of cyclic esters (lactones) is 1. The van der Waals surface area contributed by atoms with Crippen LogP contribution in [0.2, 0.25) is 0 Å². The molecular weight excluding hydrogens is 128 g/mol. The van der Waals surface area contributed by atoms with Crippen LogP contribution in [-0.4, -0.2) is 12.6 Å². The summed E-state index contributed by atoms with van der Waals surface area (Å²) in [4.78, 5) is 10.8. The van der Waals surface area contributed by atoms with Gasteiger partial charge in [0.2, 0.25) is 0 Å². The average molecular weight is 140 g/mol. The Morgan fingerprint density at radius 1 is 1.80 bits per heavy atom. The maximum absolute atomic E-state index is 10.8. The van der Waals surface area contributed by atoms with Crippen LogP contribution < -0.4 is 0 Å². The molecule has 0 unspecified atom stereocenters. The molecule has 0 aromatic carbocycles. The highest BCUT2D eigenvalue weighted by molar-refractivity contribution is 5.88. The highest BCUT2D eigenvalue weighted by Gasteiger charge is 2.16. The van der Waals surface area contributed by atoms with Crippen molar-refractivity contribution in [1.82, 2.24) is 0 Å². The maximum atomic E-state index is 10.8. The third kappa shape index (κ3) is 1.38. The Morgan fingerprint density at radius 3 is 3.00 bits per heavy atom. The van der Waals surface area contributed by atoms with Crippen molar-refractivity contribution >= 4 is 5.97 Å². The molecule has 1 heterocycles. The molecule has 2 nitrogen and oxygen atoms in total. The van der Waals surface area contributed by atoms with Crippen molar-refractivity contribution in [2.45, 2.75) is 20.3 Å². The molecule has 1 aliphatic heterocycles. The van der Waals surface area contributed by atoms with Gasteiger partial charge in [0.1, 0.15) is 0 Å². The Balaban J connectivity index is 2.65. The van der Waals surface area contributed by atoms with Gasteiger partial charge in [-0.1, -0.05) is 13.0 Å².